The van der Waals surface area contributed by atoms with Gasteiger partial charge in [0.15, 0.2) is 0 Å². The van der Waals surface area contributed by atoms with Crippen molar-refractivity contribution in [1.82, 2.24) is 14.8 Å². The molecular weight excluding hydrogens is 503 g/mol. The number of aliphatic carboxylic acids is 1. The second-order valence-electron chi connectivity index (χ2n) is 7.16. The zero-order valence-electron chi connectivity index (χ0n) is 18.3. The van der Waals surface area contributed by atoms with Crippen molar-refractivity contribution in [2.24, 2.45) is 0 Å². The maximum Gasteiger partial charge on any atom is 0.490 e. The van der Waals surface area contributed by atoms with Gasteiger partial charge in [-0.15, -0.1) is 5.10 Å². The minimum Gasteiger partial charge on any atom is -0.506 e. The lowest BCUT2D eigenvalue weighted by Crippen LogP contribution is -2.21. The highest BCUT2D eigenvalue weighted by Gasteiger charge is 2.38. The summed E-state index contributed by atoms with van der Waals surface area (Å²) < 4.78 is 33.0. The van der Waals surface area contributed by atoms with Crippen LogP contribution in [0.3, 0.4) is 0 Å². The lowest BCUT2D eigenvalue weighted by atomic mass is 10.2. The summed E-state index contributed by atoms with van der Waals surface area (Å²) in [4.78, 5) is 23.7. The zero-order chi connectivity index (χ0) is 26.3. The van der Waals surface area contributed by atoms with Crippen LogP contribution in [-0.4, -0.2) is 37.1 Å². The van der Waals surface area contributed by atoms with E-state index in [1.54, 1.807) is 36.4 Å². The molecule has 188 valence electrons. The van der Waals surface area contributed by atoms with E-state index in [9.17, 15) is 23.1 Å². The smallest absolute Gasteiger partial charge is 0.490 e. The van der Waals surface area contributed by atoms with Gasteiger partial charge in [-0.3, -0.25) is 4.98 Å². The van der Waals surface area contributed by atoms with Gasteiger partial charge < -0.3 is 20.8 Å². The second-order valence-corrected chi connectivity index (χ2v) is 7.60. The summed E-state index contributed by atoms with van der Waals surface area (Å²) in [7, 11) is 0. The van der Waals surface area contributed by atoms with E-state index < -0.39 is 12.1 Å². The Morgan fingerprint density at radius 2 is 1.64 bits per heavy atom. The number of halogens is 4. The van der Waals surface area contributed by atoms with Crippen molar-refractivity contribution in [3.63, 3.8) is 0 Å². The second kappa shape index (κ2) is 11.3. The number of nitrogens with zero attached hydrogens (tertiary/aromatic N) is 2. The summed E-state index contributed by atoms with van der Waals surface area (Å²) in [5.41, 5.74) is 2.78. The van der Waals surface area contributed by atoms with Crippen LogP contribution in [0.5, 0.6) is 5.75 Å². The molecule has 1 heterocycles. The van der Waals surface area contributed by atoms with Gasteiger partial charge in [0.05, 0.1) is 11.4 Å². The van der Waals surface area contributed by atoms with Gasteiger partial charge in [-0.05, 0) is 54.1 Å². The van der Waals surface area contributed by atoms with Crippen LogP contribution in [0.25, 0.3) is 5.69 Å². The number of para-hydroxylation sites is 2. The van der Waals surface area contributed by atoms with Gasteiger partial charge in [-0.2, -0.15) is 17.9 Å². The van der Waals surface area contributed by atoms with Gasteiger partial charge >= 0.3 is 17.8 Å². The summed E-state index contributed by atoms with van der Waals surface area (Å²) in [5, 5.41) is 28.1. The van der Waals surface area contributed by atoms with Crippen molar-refractivity contribution < 1.29 is 28.2 Å². The highest BCUT2D eigenvalue weighted by Crippen LogP contribution is 2.22. The van der Waals surface area contributed by atoms with Gasteiger partial charge in [0.25, 0.3) is 0 Å². The fourth-order valence-corrected chi connectivity index (χ4v) is 2.93. The number of hydrogen-bond donors (Lipinski definition) is 5. The Morgan fingerprint density at radius 1 is 1.03 bits per heavy atom. The fourth-order valence-electron chi connectivity index (χ4n) is 2.80. The van der Waals surface area contributed by atoms with Crippen LogP contribution in [0.1, 0.15) is 5.56 Å². The first-order valence-electron chi connectivity index (χ1n) is 10.2. The monoisotopic (exact) mass is 521 g/mol. The third-order valence-electron chi connectivity index (χ3n) is 4.54. The van der Waals surface area contributed by atoms with Crippen molar-refractivity contribution >= 4 is 34.9 Å². The van der Waals surface area contributed by atoms with Gasteiger partial charge in [0, 0.05) is 17.3 Å². The Labute approximate surface area is 206 Å². The van der Waals surface area contributed by atoms with Crippen LogP contribution in [-0.2, 0) is 11.3 Å². The number of aromatic hydroxyl groups is 1. The largest absolute Gasteiger partial charge is 0.506 e. The molecule has 0 fully saturated rings. The molecule has 0 bridgehead atoms. The number of aromatic amines is 1. The maximum absolute atomic E-state index is 12.2. The summed E-state index contributed by atoms with van der Waals surface area (Å²) in [5.74, 6) is -2.21. The number of alkyl halides is 3. The molecule has 0 aliphatic heterocycles. The van der Waals surface area contributed by atoms with Crippen LogP contribution in [0.15, 0.2) is 77.6 Å². The number of phenols is 1. The molecule has 4 rings (SSSR count). The molecule has 0 radical (unpaired) electrons. The van der Waals surface area contributed by atoms with E-state index in [0.29, 0.717) is 28.9 Å². The van der Waals surface area contributed by atoms with E-state index in [-0.39, 0.29) is 11.4 Å². The Bertz CT molecular complexity index is 1370. The number of anilines is 3. The maximum atomic E-state index is 12.2. The number of benzene rings is 3. The third-order valence-corrected chi connectivity index (χ3v) is 4.79. The van der Waals surface area contributed by atoms with Crippen LogP contribution >= 0.6 is 11.6 Å². The molecule has 0 unspecified atom stereocenters. The fraction of sp³-hybridized carbons (Fsp3) is 0.0870. The van der Waals surface area contributed by atoms with Gasteiger partial charge in [0.2, 0.25) is 5.95 Å². The van der Waals surface area contributed by atoms with E-state index in [1.165, 1.54) is 4.68 Å². The van der Waals surface area contributed by atoms with Crippen molar-refractivity contribution in [3.8, 4) is 11.4 Å². The normalized spacial score (nSPS) is 10.8. The van der Waals surface area contributed by atoms with E-state index in [1.807, 2.05) is 36.4 Å². The number of hydrogen-bond acceptors (Lipinski definition) is 6. The average molecular weight is 522 g/mol. The minimum atomic E-state index is -5.08. The first-order valence-corrected chi connectivity index (χ1v) is 10.5. The van der Waals surface area contributed by atoms with Gasteiger partial charge in [-0.1, -0.05) is 35.9 Å². The van der Waals surface area contributed by atoms with Crippen LogP contribution in [0.4, 0.5) is 30.5 Å². The predicted octanol–water partition coefficient (Wildman–Crippen LogP) is 4.91. The molecule has 1 aromatic heterocycles. The van der Waals surface area contributed by atoms with Gasteiger partial charge in [0.1, 0.15) is 5.75 Å². The van der Waals surface area contributed by atoms with Crippen molar-refractivity contribution in [2.75, 3.05) is 10.6 Å². The lowest BCUT2D eigenvalue weighted by molar-refractivity contribution is -0.192. The quantitative estimate of drug-likeness (QED) is 0.228. The van der Waals surface area contributed by atoms with Crippen molar-refractivity contribution in [3.05, 3.63) is 93.9 Å². The van der Waals surface area contributed by atoms with Crippen LogP contribution in [0, 0.1) is 0 Å². The van der Waals surface area contributed by atoms with Gasteiger partial charge in [-0.25, -0.2) is 9.59 Å². The SMILES string of the molecule is O=C(O)C(F)(F)F.O=c1[nH]c(Nc2ccc(CNc3ccccc3O)cc2)nn1-c1ccc(Cl)cc1. The molecule has 5 N–H and O–H groups in total. The third kappa shape index (κ3) is 7.27. The summed E-state index contributed by atoms with van der Waals surface area (Å²) in [6.45, 7) is 0.569. The molecule has 13 heteroatoms. The first kappa shape index (κ1) is 26.2. The Hall–Kier alpha value is -4.45. The number of nitrogens with one attached hydrogen (secondary N) is 3. The predicted molar refractivity (Wildman–Crippen MR) is 128 cm³/mol. The molecule has 0 atom stereocenters. The topological polar surface area (TPSA) is 132 Å². The van der Waals surface area contributed by atoms with Crippen LogP contribution < -0.4 is 16.3 Å². The molecule has 0 spiro atoms. The highest BCUT2D eigenvalue weighted by molar-refractivity contribution is 6.30. The molecule has 0 amide bonds. The number of phenolic OH excluding ortho intramolecular Hbond substituents is 1. The molecule has 0 saturated carbocycles. The number of rotatable bonds is 6. The summed E-state index contributed by atoms with van der Waals surface area (Å²) in [6, 6.07) is 21.6. The molecule has 0 aliphatic rings. The minimum absolute atomic E-state index is 0.214. The van der Waals surface area contributed by atoms with E-state index in [4.69, 9.17) is 21.5 Å². The molecule has 0 aliphatic carbocycles. The Morgan fingerprint density at radius 3 is 2.22 bits per heavy atom. The molecule has 9 nitrogen and oxygen atoms in total. The standard InChI is InChI=1S/C21H18ClN5O2.C2HF3O2/c22-15-7-11-17(12-8-15)27-21(29)25-20(26-27)24-16-9-5-14(6-10-16)13-23-18-3-1-2-4-19(18)28;3-2(4,5)1(6)7/h1-12,23,28H,13H2,(H2,24,25,26,29);(H,6,7). The number of carbonyl (C=O) groups is 1. The number of carboxylic acids is 1. The lowest BCUT2D eigenvalue weighted by Gasteiger charge is -2.09. The Kier molecular flexibility index (Phi) is 8.22. The molecule has 36 heavy (non-hydrogen) atoms. The average Bonchev–Trinajstić information content (AvgIpc) is 3.19. The number of H-pyrrole nitrogens is 1. The number of carboxylic acid groups (broad SMARTS) is 1. The van der Waals surface area contributed by atoms with E-state index in [0.717, 1.165) is 11.3 Å². The molecule has 4 aromatic rings. The summed E-state index contributed by atoms with van der Waals surface area (Å²) >= 11 is 5.88. The van der Waals surface area contributed by atoms with E-state index in [2.05, 4.69) is 20.7 Å². The number of aromatic nitrogens is 3. The molecule has 0 saturated heterocycles. The Balaban J connectivity index is 0.000000454. The summed E-state index contributed by atoms with van der Waals surface area (Å²) in [6.07, 6.45) is -5.08. The van der Waals surface area contributed by atoms with E-state index >= 15 is 0 Å². The molecular formula is C23H19ClF3N5O4. The first-order chi connectivity index (χ1) is 17.0. The zero-order valence-corrected chi connectivity index (χ0v) is 19.0. The highest BCUT2D eigenvalue weighted by atomic mass is 35.5. The molecule has 3 aromatic carbocycles. The van der Waals surface area contributed by atoms with Crippen molar-refractivity contribution in [2.45, 2.75) is 12.7 Å². The van der Waals surface area contributed by atoms with Crippen LogP contribution in [0.2, 0.25) is 5.02 Å². The van der Waals surface area contributed by atoms with Crippen molar-refractivity contribution in [1.29, 1.82) is 0 Å².